The van der Waals surface area contributed by atoms with E-state index in [2.05, 4.69) is 39.8 Å². The Morgan fingerprint density at radius 1 is 1.07 bits per heavy atom. The average Bonchev–Trinajstić information content (AvgIpc) is 2.78. The fourth-order valence-corrected chi connectivity index (χ4v) is 4.02. The molecule has 6 heteroatoms. The number of fused-ring (bicyclic) bond motifs is 1. The second-order valence-electron chi connectivity index (χ2n) is 8.07. The highest BCUT2D eigenvalue weighted by atomic mass is 16.5. The molecule has 0 saturated carbocycles. The molecular formula is C24H29N3O3. The molecule has 2 amide bonds. The lowest BCUT2D eigenvalue weighted by atomic mass is 9.89. The fourth-order valence-electron chi connectivity index (χ4n) is 4.02. The quantitative estimate of drug-likeness (QED) is 0.740. The molecule has 0 unspecified atom stereocenters. The van der Waals surface area contributed by atoms with Crippen LogP contribution in [0.1, 0.15) is 29.5 Å². The number of benzene rings is 2. The molecule has 0 bridgehead atoms. The van der Waals surface area contributed by atoms with Gasteiger partial charge < -0.3 is 15.4 Å². The van der Waals surface area contributed by atoms with E-state index in [1.807, 2.05) is 24.3 Å². The molecule has 0 aliphatic carbocycles. The third-order valence-corrected chi connectivity index (χ3v) is 5.85. The number of nitrogens with one attached hydrogen (secondary N) is 2. The summed E-state index contributed by atoms with van der Waals surface area (Å²) < 4.78 is 5.39. The molecule has 0 radical (unpaired) electrons. The van der Waals surface area contributed by atoms with Gasteiger partial charge in [0, 0.05) is 44.2 Å². The Morgan fingerprint density at radius 3 is 2.60 bits per heavy atom. The molecule has 6 nitrogen and oxygen atoms in total. The van der Waals surface area contributed by atoms with Crippen LogP contribution in [-0.2, 0) is 33.8 Å². The highest BCUT2D eigenvalue weighted by Gasteiger charge is 2.26. The number of nitrogens with zero attached hydrogens (tertiary/aromatic N) is 1. The Kier molecular flexibility index (Phi) is 6.77. The first-order chi connectivity index (χ1) is 14.7. The number of hydrogen-bond donors (Lipinski definition) is 2. The highest BCUT2D eigenvalue weighted by Crippen LogP contribution is 2.27. The smallest absolute Gasteiger partial charge is 0.227 e. The number of ether oxygens (including phenoxy) is 1. The van der Waals surface area contributed by atoms with Crippen molar-refractivity contribution in [2.75, 3.05) is 31.6 Å². The summed E-state index contributed by atoms with van der Waals surface area (Å²) >= 11 is 0. The number of anilines is 1. The monoisotopic (exact) mass is 407 g/mol. The van der Waals surface area contributed by atoms with Crippen LogP contribution < -0.4 is 10.6 Å². The van der Waals surface area contributed by atoms with Crippen LogP contribution in [0, 0.1) is 5.92 Å². The van der Waals surface area contributed by atoms with Crippen molar-refractivity contribution in [3.05, 3.63) is 65.2 Å². The molecule has 2 aliphatic heterocycles. The number of hydrogen-bond acceptors (Lipinski definition) is 4. The van der Waals surface area contributed by atoms with E-state index in [0.29, 0.717) is 25.8 Å². The van der Waals surface area contributed by atoms with E-state index in [4.69, 9.17) is 4.74 Å². The van der Waals surface area contributed by atoms with Crippen molar-refractivity contribution in [1.82, 2.24) is 10.2 Å². The minimum absolute atomic E-state index is 0.0114. The lowest BCUT2D eigenvalue weighted by Gasteiger charge is -2.26. The zero-order chi connectivity index (χ0) is 20.8. The standard InChI is InChI=1S/C24H29N3O3/c28-23(10-9-21-15-20-3-1-2-4-22(20)26-24(21)29)25-16-18-5-7-19(8-6-18)17-27-11-13-30-14-12-27/h1-8,21H,9-17H2,(H,25,28)(H,26,29)/t21-/m1/s1. The van der Waals surface area contributed by atoms with Crippen molar-refractivity contribution in [2.24, 2.45) is 5.92 Å². The molecule has 2 aliphatic rings. The molecule has 1 fully saturated rings. The molecule has 4 rings (SSSR count). The van der Waals surface area contributed by atoms with Crippen molar-refractivity contribution >= 4 is 17.5 Å². The van der Waals surface area contributed by atoms with Gasteiger partial charge in [-0.2, -0.15) is 0 Å². The first-order valence-electron chi connectivity index (χ1n) is 10.7. The Hall–Kier alpha value is -2.70. The summed E-state index contributed by atoms with van der Waals surface area (Å²) in [5.41, 5.74) is 4.38. The van der Waals surface area contributed by atoms with Crippen LogP contribution in [0.5, 0.6) is 0 Å². The molecule has 30 heavy (non-hydrogen) atoms. The molecule has 0 aromatic heterocycles. The summed E-state index contributed by atoms with van der Waals surface area (Å²) in [6, 6.07) is 16.2. The number of carbonyl (C=O) groups is 2. The minimum atomic E-state index is -0.148. The second kappa shape index (κ2) is 9.87. The van der Waals surface area contributed by atoms with Gasteiger partial charge >= 0.3 is 0 Å². The van der Waals surface area contributed by atoms with Crippen LogP contribution in [0.4, 0.5) is 5.69 Å². The maximum Gasteiger partial charge on any atom is 0.227 e. The van der Waals surface area contributed by atoms with E-state index in [9.17, 15) is 9.59 Å². The van der Waals surface area contributed by atoms with Crippen LogP contribution in [0.15, 0.2) is 48.5 Å². The van der Waals surface area contributed by atoms with E-state index in [0.717, 1.165) is 49.7 Å². The van der Waals surface area contributed by atoms with Crippen LogP contribution in [0.2, 0.25) is 0 Å². The van der Waals surface area contributed by atoms with E-state index in [1.165, 1.54) is 5.56 Å². The third-order valence-electron chi connectivity index (χ3n) is 5.85. The molecule has 2 aromatic carbocycles. The first kappa shape index (κ1) is 20.6. The molecule has 0 spiro atoms. The van der Waals surface area contributed by atoms with E-state index in [-0.39, 0.29) is 17.7 Å². The molecule has 2 aromatic rings. The summed E-state index contributed by atoms with van der Waals surface area (Å²) in [7, 11) is 0. The van der Waals surface area contributed by atoms with Gasteiger partial charge in [-0.05, 0) is 35.6 Å². The molecule has 158 valence electrons. The number of rotatable bonds is 7. The van der Waals surface area contributed by atoms with Crippen molar-refractivity contribution < 1.29 is 14.3 Å². The number of para-hydroxylation sites is 1. The van der Waals surface area contributed by atoms with Gasteiger partial charge in [-0.3, -0.25) is 14.5 Å². The Labute approximate surface area is 177 Å². The maximum absolute atomic E-state index is 12.3. The summed E-state index contributed by atoms with van der Waals surface area (Å²) in [6.07, 6.45) is 1.61. The molecule has 2 heterocycles. The van der Waals surface area contributed by atoms with Crippen LogP contribution >= 0.6 is 0 Å². The Balaban J connectivity index is 1.20. The predicted molar refractivity (Wildman–Crippen MR) is 116 cm³/mol. The summed E-state index contributed by atoms with van der Waals surface area (Å²) in [5.74, 6) is -0.151. The first-order valence-corrected chi connectivity index (χ1v) is 10.7. The van der Waals surface area contributed by atoms with Gasteiger partial charge in [0.15, 0.2) is 0 Å². The van der Waals surface area contributed by atoms with Crippen LogP contribution in [-0.4, -0.2) is 43.0 Å². The second-order valence-corrected chi connectivity index (χ2v) is 8.07. The molecular weight excluding hydrogens is 378 g/mol. The van der Waals surface area contributed by atoms with Gasteiger partial charge in [-0.25, -0.2) is 0 Å². The van der Waals surface area contributed by atoms with Gasteiger partial charge in [-0.15, -0.1) is 0 Å². The highest BCUT2D eigenvalue weighted by molar-refractivity contribution is 5.96. The SMILES string of the molecule is O=C(CC[C@@H]1Cc2ccccc2NC1=O)NCc1ccc(CN2CCOCC2)cc1. The average molecular weight is 408 g/mol. The Bertz CT molecular complexity index is 876. The molecule has 1 atom stereocenters. The number of amides is 2. The predicted octanol–water partition coefficient (Wildman–Crippen LogP) is 2.73. The van der Waals surface area contributed by atoms with Gasteiger partial charge in [0.05, 0.1) is 13.2 Å². The zero-order valence-electron chi connectivity index (χ0n) is 17.2. The van der Waals surface area contributed by atoms with E-state index >= 15 is 0 Å². The maximum atomic E-state index is 12.3. The van der Waals surface area contributed by atoms with Crippen molar-refractivity contribution in [3.8, 4) is 0 Å². The summed E-state index contributed by atoms with van der Waals surface area (Å²) in [4.78, 5) is 26.9. The van der Waals surface area contributed by atoms with Gasteiger partial charge in [0.2, 0.25) is 11.8 Å². The molecule has 2 N–H and O–H groups in total. The van der Waals surface area contributed by atoms with E-state index < -0.39 is 0 Å². The largest absolute Gasteiger partial charge is 0.379 e. The number of morpholine rings is 1. The zero-order valence-corrected chi connectivity index (χ0v) is 17.2. The minimum Gasteiger partial charge on any atom is -0.379 e. The van der Waals surface area contributed by atoms with Crippen molar-refractivity contribution in [2.45, 2.75) is 32.4 Å². The topological polar surface area (TPSA) is 70.7 Å². The van der Waals surface area contributed by atoms with Crippen molar-refractivity contribution in [3.63, 3.8) is 0 Å². The van der Waals surface area contributed by atoms with Crippen molar-refractivity contribution in [1.29, 1.82) is 0 Å². The van der Waals surface area contributed by atoms with Gasteiger partial charge in [0.25, 0.3) is 0 Å². The molecule has 1 saturated heterocycles. The normalized spacial score (nSPS) is 19.1. The fraction of sp³-hybridized carbons (Fsp3) is 0.417. The summed E-state index contributed by atoms with van der Waals surface area (Å²) in [6.45, 7) is 5.00. The summed E-state index contributed by atoms with van der Waals surface area (Å²) in [5, 5.41) is 5.92. The lowest BCUT2D eigenvalue weighted by Crippen LogP contribution is -2.35. The van der Waals surface area contributed by atoms with Gasteiger partial charge in [-0.1, -0.05) is 42.5 Å². The van der Waals surface area contributed by atoms with Crippen LogP contribution in [0.25, 0.3) is 0 Å². The third kappa shape index (κ3) is 5.46. The Morgan fingerprint density at radius 2 is 1.80 bits per heavy atom. The van der Waals surface area contributed by atoms with Gasteiger partial charge in [0.1, 0.15) is 0 Å². The van der Waals surface area contributed by atoms with E-state index in [1.54, 1.807) is 0 Å². The lowest BCUT2D eigenvalue weighted by molar-refractivity contribution is -0.122. The van der Waals surface area contributed by atoms with Crippen LogP contribution in [0.3, 0.4) is 0 Å². The number of carbonyl (C=O) groups excluding carboxylic acids is 2.